The lowest BCUT2D eigenvalue weighted by Gasteiger charge is -2.21. The lowest BCUT2D eigenvalue weighted by Crippen LogP contribution is -2.33. The van der Waals surface area contributed by atoms with Crippen LogP contribution in [0.5, 0.6) is 5.75 Å². The molecule has 0 spiro atoms. The summed E-state index contributed by atoms with van der Waals surface area (Å²) < 4.78 is 20.1. The summed E-state index contributed by atoms with van der Waals surface area (Å²) in [4.78, 5) is 24.5. The minimum Gasteiger partial charge on any atom is -0.493 e. The summed E-state index contributed by atoms with van der Waals surface area (Å²) in [7, 11) is 3.75. The zero-order chi connectivity index (χ0) is 19.2. The number of rotatable bonds is 7. The van der Waals surface area contributed by atoms with E-state index in [2.05, 4.69) is 15.3 Å². The molecule has 2 heterocycles. The number of fused-ring (bicyclic) bond motifs is 1. The molecule has 8 heteroatoms. The number of anilines is 1. The van der Waals surface area contributed by atoms with Gasteiger partial charge in [-0.3, -0.25) is 4.79 Å². The van der Waals surface area contributed by atoms with Crippen molar-refractivity contribution in [3.05, 3.63) is 47.7 Å². The second-order valence-corrected chi connectivity index (χ2v) is 6.47. The van der Waals surface area contributed by atoms with E-state index < -0.39 is 0 Å². The van der Waals surface area contributed by atoms with Crippen molar-refractivity contribution in [2.24, 2.45) is 0 Å². The number of hydrogen-bond donors (Lipinski definition) is 1. The van der Waals surface area contributed by atoms with Crippen LogP contribution in [0, 0.1) is 5.82 Å². The van der Waals surface area contributed by atoms with Crippen molar-refractivity contribution in [3.8, 4) is 5.75 Å². The Balaban J connectivity index is 1.70. The summed E-state index contributed by atoms with van der Waals surface area (Å²) >= 11 is 0. The van der Waals surface area contributed by atoms with Crippen LogP contribution < -0.4 is 15.0 Å². The molecule has 7 nitrogen and oxygen atoms in total. The fraction of sp³-hybridized carbons (Fsp3) is 0.421. The lowest BCUT2D eigenvalue weighted by atomic mass is 10.1. The molecule has 1 N–H and O–H groups in total. The van der Waals surface area contributed by atoms with Crippen molar-refractivity contribution in [1.29, 1.82) is 0 Å². The van der Waals surface area contributed by atoms with Crippen LogP contribution in [-0.4, -0.2) is 61.1 Å². The number of ether oxygens (including phenoxy) is 1. The Kier molecular flexibility index (Phi) is 6.18. The molecule has 0 aliphatic carbocycles. The number of amides is 1. The number of halogens is 1. The molecule has 3 rings (SSSR count). The predicted molar refractivity (Wildman–Crippen MR) is 100 cm³/mol. The van der Waals surface area contributed by atoms with Gasteiger partial charge in [0.25, 0.3) is 5.91 Å². The number of carbonyl (C=O) groups is 1. The van der Waals surface area contributed by atoms with E-state index in [9.17, 15) is 9.18 Å². The van der Waals surface area contributed by atoms with Crippen molar-refractivity contribution in [1.82, 2.24) is 20.2 Å². The lowest BCUT2D eigenvalue weighted by molar-refractivity contribution is 0.0753. The standard InChI is InChI=1S/C19H24FN5O2/c1-21-6-3-9-27-15-5-4-14(17(20)10-15)12-25-8-7-24(2)18-16(19(25)26)11-22-13-23-18/h4-5,10-11,13,21H,3,6-9,12H2,1-2H3. The summed E-state index contributed by atoms with van der Waals surface area (Å²) in [5, 5.41) is 3.04. The quantitative estimate of drug-likeness (QED) is 0.745. The van der Waals surface area contributed by atoms with Crippen LogP contribution in [0.15, 0.2) is 30.7 Å². The Labute approximate surface area is 158 Å². The summed E-state index contributed by atoms with van der Waals surface area (Å²) in [5.41, 5.74) is 0.885. The molecule has 1 amide bonds. The number of benzene rings is 1. The van der Waals surface area contributed by atoms with Crippen LogP contribution in [0.4, 0.5) is 10.2 Å². The highest BCUT2D eigenvalue weighted by molar-refractivity contribution is 5.99. The van der Waals surface area contributed by atoms with Crippen LogP contribution in [0.3, 0.4) is 0 Å². The summed E-state index contributed by atoms with van der Waals surface area (Å²) in [5.74, 6) is 0.522. The number of hydrogen-bond acceptors (Lipinski definition) is 6. The Morgan fingerprint density at radius 1 is 1.33 bits per heavy atom. The first-order valence-electron chi connectivity index (χ1n) is 8.96. The highest BCUT2D eigenvalue weighted by atomic mass is 19.1. The Bertz CT molecular complexity index is 801. The van der Waals surface area contributed by atoms with E-state index in [4.69, 9.17) is 4.74 Å². The molecule has 2 aromatic rings. The zero-order valence-electron chi connectivity index (χ0n) is 15.6. The Hall–Kier alpha value is -2.74. The van der Waals surface area contributed by atoms with E-state index >= 15 is 0 Å². The molecule has 0 bridgehead atoms. The second kappa shape index (κ2) is 8.77. The van der Waals surface area contributed by atoms with Gasteiger partial charge in [0, 0.05) is 44.5 Å². The van der Waals surface area contributed by atoms with Gasteiger partial charge >= 0.3 is 0 Å². The molecule has 0 saturated heterocycles. The summed E-state index contributed by atoms with van der Waals surface area (Å²) in [6, 6.07) is 4.79. The third-order valence-electron chi connectivity index (χ3n) is 4.50. The van der Waals surface area contributed by atoms with Crippen LogP contribution in [-0.2, 0) is 6.54 Å². The van der Waals surface area contributed by atoms with Crippen molar-refractivity contribution < 1.29 is 13.9 Å². The Morgan fingerprint density at radius 3 is 2.96 bits per heavy atom. The third-order valence-corrected chi connectivity index (χ3v) is 4.50. The highest BCUT2D eigenvalue weighted by Crippen LogP contribution is 2.23. The van der Waals surface area contributed by atoms with Gasteiger partial charge in [0.2, 0.25) is 0 Å². The molecular formula is C19H24FN5O2. The van der Waals surface area contributed by atoms with Gasteiger partial charge in [-0.2, -0.15) is 0 Å². The summed E-state index contributed by atoms with van der Waals surface area (Å²) in [6.45, 7) is 2.65. The fourth-order valence-electron chi connectivity index (χ4n) is 2.97. The molecule has 0 saturated carbocycles. The maximum Gasteiger partial charge on any atom is 0.259 e. The average molecular weight is 373 g/mol. The van der Waals surface area contributed by atoms with E-state index in [-0.39, 0.29) is 18.3 Å². The molecule has 1 aromatic heterocycles. The zero-order valence-corrected chi connectivity index (χ0v) is 15.6. The molecule has 0 fully saturated rings. The molecule has 0 unspecified atom stereocenters. The normalized spacial score (nSPS) is 14.1. The monoisotopic (exact) mass is 373 g/mol. The minimum atomic E-state index is -0.379. The third kappa shape index (κ3) is 4.51. The number of nitrogens with one attached hydrogen (secondary N) is 1. The number of aromatic nitrogens is 2. The van der Waals surface area contributed by atoms with Crippen molar-refractivity contribution in [2.75, 3.05) is 45.2 Å². The number of likely N-dealkylation sites (N-methyl/N-ethyl adjacent to an activating group) is 1. The maximum absolute atomic E-state index is 14.5. The first-order chi connectivity index (χ1) is 13.1. The average Bonchev–Trinajstić information content (AvgIpc) is 2.79. The van der Waals surface area contributed by atoms with Crippen molar-refractivity contribution >= 4 is 11.7 Å². The van der Waals surface area contributed by atoms with Crippen molar-refractivity contribution in [3.63, 3.8) is 0 Å². The predicted octanol–water partition coefficient (Wildman–Crippen LogP) is 1.70. The smallest absolute Gasteiger partial charge is 0.259 e. The summed E-state index contributed by atoms with van der Waals surface area (Å²) in [6.07, 6.45) is 3.78. The molecule has 27 heavy (non-hydrogen) atoms. The van der Waals surface area contributed by atoms with Gasteiger partial charge in [0.1, 0.15) is 29.3 Å². The van der Waals surface area contributed by atoms with Crippen molar-refractivity contribution in [2.45, 2.75) is 13.0 Å². The van der Waals surface area contributed by atoms with Crippen LogP contribution >= 0.6 is 0 Å². The van der Waals surface area contributed by atoms with Gasteiger partial charge in [-0.25, -0.2) is 14.4 Å². The van der Waals surface area contributed by atoms with Gasteiger partial charge < -0.3 is 19.9 Å². The molecule has 144 valence electrons. The molecule has 0 atom stereocenters. The molecule has 0 radical (unpaired) electrons. The van der Waals surface area contributed by atoms with Gasteiger partial charge in [-0.15, -0.1) is 0 Å². The van der Waals surface area contributed by atoms with Gasteiger partial charge in [0.05, 0.1) is 6.61 Å². The van der Waals surface area contributed by atoms with E-state index in [1.165, 1.54) is 18.6 Å². The molecule has 1 aromatic carbocycles. The minimum absolute atomic E-state index is 0.187. The topological polar surface area (TPSA) is 70.6 Å². The molecular weight excluding hydrogens is 349 g/mol. The number of nitrogens with zero attached hydrogens (tertiary/aromatic N) is 4. The van der Waals surface area contributed by atoms with Crippen LogP contribution in [0.1, 0.15) is 22.3 Å². The first kappa shape index (κ1) is 19.0. The van der Waals surface area contributed by atoms with E-state index in [0.29, 0.717) is 42.4 Å². The molecule has 1 aliphatic rings. The maximum atomic E-state index is 14.5. The van der Waals surface area contributed by atoms with E-state index in [0.717, 1.165) is 13.0 Å². The van der Waals surface area contributed by atoms with Crippen LogP contribution in [0.25, 0.3) is 0 Å². The second-order valence-electron chi connectivity index (χ2n) is 6.47. The largest absolute Gasteiger partial charge is 0.493 e. The number of carbonyl (C=O) groups excluding carboxylic acids is 1. The fourth-order valence-corrected chi connectivity index (χ4v) is 2.97. The first-order valence-corrected chi connectivity index (χ1v) is 8.96. The van der Waals surface area contributed by atoms with Crippen LogP contribution in [0.2, 0.25) is 0 Å². The molecule has 1 aliphatic heterocycles. The van der Waals surface area contributed by atoms with E-state index in [1.807, 2.05) is 19.0 Å². The van der Waals surface area contributed by atoms with Gasteiger partial charge in [0.15, 0.2) is 0 Å². The Morgan fingerprint density at radius 2 is 2.19 bits per heavy atom. The van der Waals surface area contributed by atoms with Gasteiger partial charge in [-0.1, -0.05) is 6.07 Å². The SMILES string of the molecule is CNCCCOc1ccc(CN2CCN(C)c3ncncc3C2=O)c(F)c1. The van der Waals surface area contributed by atoms with Gasteiger partial charge in [-0.05, 0) is 26.1 Å². The highest BCUT2D eigenvalue weighted by Gasteiger charge is 2.26. The van der Waals surface area contributed by atoms with E-state index in [1.54, 1.807) is 17.0 Å².